The molecule has 3 rings (SSSR count). The molecule has 140 valence electrons. The molecule has 1 aromatic carbocycles. The van der Waals surface area contributed by atoms with Gasteiger partial charge in [0.25, 0.3) is 0 Å². The van der Waals surface area contributed by atoms with Gasteiger partial charge in [-0.15, -0.1) is 0 Å². The van der Waals surface area contributed by atoms with Gasteiger partial charge in [0.15, 0.2) is 0 Å². The fraction of sp³-hybridized carbons (Fsp3) is 0.400. The molecular weight excluding hydrogens is 368 g/mol. The van der Waals surface area contributed by atoms with Gasteiger partial charge in [0.2, 0.25) is 10.0 Å². The van der Waals surface area contributed by atoms with Crippen LogP contribution < -0.4 is 5.73 Å². The molecule has 0 saturated carbocycles. The highest BCUT2D eigenvalue weighted by Gasteiger charge is 2.32. The molecule has 1 unspecified atom stereocenters. The number of hydrogen-bond acceptors (Lipinski definition) is 3. The number of rotatable bonds is 3. The Morgan fingerprint density at radius 1 is 1.23 bits per heavy atom. The van der Waals surface area contributed by atoms with E-state index in [0.29, 0.717) is 24.9 Å². The summed E-state index contributed by atoms with van der Waals surface area (Å²) in [5, 5.41) is 0.730. The Hall–Kier alpha value is -1.56. The van der Waals surface area contributed by atoms with Gasteiger partial charge in [-0.2, -0.15) is 0 Å². The molecule has 0 spiro atoms. The van der Waals surface area contributed by atoms with E-state index in [2.05, 4.69) is 18.2 Å². The normalized spacial score (nSPS) is 24.1. The van der Waals surface area contributed by atoms with E-state index >= 15 is 0 Å². The van der Waals surface area contributed by atoms with E-state index in [4.69, 9.17) is 17.3 Å². The highest BCUT2D eigenvalue weighted by atomic mass is 35.5. The first-order chi connectivity index (χ1) is 12.4. The average molecular weight is 393 g/mol. The molecule has 0 amide bonds. The number of allylic oxidation sites excluding steroid dienone is 4. The highest BCUT2D eigenvalue weighted by Crippen LogP contribution is 2.42. The molecule has 1 saturated heterocycles. The predicted molar refractivity (Wildman–Crippen MR) is 108 cm³/mol. The number of sulfonamides is 1. The van der Waals surface area contributed by atoms with Crippen LogP contribution in [-0.4, -0.2) is 32.1 Å². The van der Waals surface area contributed by atoms with E-state index in [1.54, 1.807) is 4.31 Å². The lowest BCUT2D eigenvalue weighted by atomic mass is 9.76. The van der Waals surface area contributed by atoms with Gasteiger partial charge in [-0.3, -0.25) is 0 Å². The van der Waals surface area contributed by atoms with Gasteiger partial charge >= 0.3 is 0 Å². The van der Waals surface area contributed by atoms with Crippen molar-refractivity contribution in [1.29, 1.82) is 0 Å². The predicted octanol–water partition coefficient (Wildman–Crippen LogP) is 3.91. The van der Waals surface area contributed by atoms with Crippen LogP contribution >= 0.6 is 11.6 Å². The molecular formula is C20H25ClN2O2S. The van der Waals surface area contributed by atoms with Crippen LogP contribution in [0.25, 0.3) is 6.08 Å². The molecule has 2 N–H and O–H groups in total. The van der Waals surface area contributed by atoms with E-state index < -0.39 is 10.0 Å². The van der Waals surface area contributed by atoms with Gasteiger partial charge in [0, 0.05) is 18.1 Å². The second-order valence-electron chi connectivity index (χ2n) is 7.04. The first-order valence-corrected chi connectivity index (χ1v) is 11.1. The fourth-order valence-electron chi connectivity index (χ4n) is 3.99. The largest absolute Gasteiger partial charge is 0.405 e. The number of halogens is 1. The maximum atomic E-state index is 11.8. The fourth-order valence-corrected chi connectivity index (χ4v) is 5.04. The van der Waals surface area contributed by atoms with E-state index in [0.717, 1.165) is 29.8 Å². The minimum Gasteiger partial charge on any atom is -0.405 e. The number of piperidine rings is 1. The summed E-state index contributed by atoms with van der Waals surface area (Å²) in [7, 11) is -3.11. The van der Waals surface area contributed by atoms with Crippen LogP contribution in [-0.2, 0) is 10.0 Å². The second kappa shape index (κ2) is 7.99. The van der Waals surface area contributed by atoms with Crippen LogP contribution in [0.4, 0.5) is 0 Å². The third-order valence-electron chi connectivity index (χ3n) is 5.34. The van der Waals surface area contributed by atoms with E-state index in [1.807, 2.05) is 24.3 Å². The molecule has 26 heavy (non-hydrogen) atoms. The lowest BCUT2D eigenvalue weighted by Gasteiger charge is -2.35. The van der Waals surface area contributed by atoms with E-state index in [-0.39, 0.29) is 0 Å². The molecule has 1 aliphatic heterocycles. The number of nitrogens with zero attached hydrogens (tertiary/aromatic N) is 1. The summed E-state index contributed by atoms with van der Waals surface area (Å²) < 4.78 is 25.2. The summed E-state index contributed by atoms with van der Waals surface area (Å²) in [5.41, 5.74) is 9.15. The van der Waals surface area contributed by atoms with Gasteiger partial charge in [-0.05, 0) is 72.2 Å². The topological polar surface area (TPSA) is 63.4 Å². The van der Waals surface area contributed by atoms with Crippen molar-refractivity contribution < 1.29 is 8.42 Å². The molecule has 0 radical (unpaired) electrons. The maximum Gasteiger partial charge on any atom is 0.211 e. The first kappa shape index (κ1) is 19.2. The first-order valence-electron chi connectivity index (χ1n) is 8.88. The van der Waals surface area contributed by atoms with Crippen molar-refractivity contribution in [2.45, 2.75) is 25.2 Å². The Morgan fingerprint density at radius 2 is 1.96 bits per heavy atom. The Labute approximate surface area is 161 Å². The van der Waals surface area contributed by atoms with Gasteiger partial charge < -0.3 is 5.73 Å². The molecule has 1 aromatic rings. The summed E-state index contributed by atoms with van der Waals surface area (Å²) in [6.07, 6.45) is 13.6. The second-order valence-corrected chi connectivity index (χ2v) is 9.46. The SMILES string of the molecule is CS(=O)(=O)N1CCC(C2C/C(=C\C=C/N)C=Cc3cc(Cl)ccc32)CC1. The van der Waals surface area contributed by atoms with Gasteiger partial charge in [0.1, 0.15) is 0 Å². The number of benzene rings is 1. The zero-order chi connectivity index (χ0) is 18.7. The van der Waals surface area contributed by atoms with Crippen LogP contribution in [0.1, 0.15) is 36.3 Å². The van der Waals surface area contributed by atoms with Crippen molar-refractivity contribution in [2.24, 2.45) is 11.7 Å². The Bertz CT molecular complexity index is 851. The molecule has 6 heteroatoms. The van der Waals surface area contributed by atoms with Crippen molar-refractivity contribution >= 4 is 27.7 Å². The Morgan fingerprint density at radius 3 is 2.62 bits per heavy atom. The van der Waals surface area contributed by atoms with Crippen molar-refractivity contribution in [3.63, 3.8) is 0 Å². The summed E-state index contributed by atoms with van der Waals surface area (Å²) >= 11 is 6.20. The van der Waals surface area contributed by atoms with Crippen LogP contribution in [0.3, 0.4) is 0 Å². The zero-order valence-electron chi connectivity index (χ0n) is 14.9. The molecule has 0 aromatic heterocycles. The van der Waals surface area contributed by atoms with Crippen LogP contribution in [0.2, 0.25) is 5.02 Å². The average Bonchev–Trinajstić information content (AvgIpc) is 2.78. The smallest absolute Gasteiger partial charge is 0.211 e. The number of nitrogens with two attached hydrogens (primary N) is 1. The van der Waals surface area contributed by atoms with Crippen LogP contribution in [0.15, 0.2) is 48.2 Å². The lowest BCUT2D eigenvalue weighted by molar-refractivity contribution is 0.243. The van der Waals surface area contributed by atoms with Gasteiger partial charge in [-0.1, -0.05) is 35.9 Å². The standard InChI is InChI=1S/C20H25ClN2O2S/c1-26(24,25)23-11-8-16(9-12-23)20-13-15(3-2-10-22)4-5-17-14-18(21)6-7-19(17)20/h2-7,10,14,16,20H,8-9,11-13,22H2,1H3/b10-2-,15-3-. The third kappa shape index (κ3) is 4.40. The monoisotopic (exact) mass is 392 g/mol. The van der Waals surface area contributed by atoms with Crippen molar-refractivity contribution in [3.05, 3.63) is 64.3 Å². The molecule has 1 heterocycles. The number of hydrogen-bond donors (Lipinski definition) is 1. The van der Waals surface area contributed by atoms with Crippen LogP contribution in [0, 0.1) is 5.92 Å². The molecule has 1 atom stereocenters. The molecule has 1 aliphatic carbocycles. The highest BCUT2D eigenvalue weighted by molar-refractivity contribution is 7.88. The summed E-state index contributed by atoms with van der Waals surface area (Å²) in [6.45, 7) is 1.19. The van der Waals surface area contributed by atoms with Gasteiger partial charge in [0.05, 0.1) is 6.26 Å². The molecule has 2 aliphatic rings. The summed E-state index contributed by atoms with van der Waals surface area (Å²) in [4.78, 5) is 0. The lowest BCUT2D eigenvalue weighted by Crippen LogP contribution is -2.39. The summed E-state index contributed by atoms with van der Waals surface area (Å²) in [6, 6.07) is 6.08. The van der Waals surface area contributed by atoms with Crippen molar-refractivity contribution in [1.82, 2.24) is 4.31 Å². The molecule has 1 fully saturated rings. The minimum absolute atomic E-state index is 0.344. The van der Waals surface area contributed by atoms with Crippen LogP contribution in [0.5, 0.6) is 0 Å². The quantitative estimate of drug-likeness (QED) is 0.848. The Kier molecular flexibility index (Phi) is 5.90. The molecule has 4 nitrogen and oxygen atoms in total. The van der Waals surface area contributed by atoms with E-state index in [1.165, 1.54) is 23.6 Å². The molecule has 0 bridgehead atoms. The van der Waals surface area contributed by atoms with Crippen molar-refractivity contribution in [3.8, 4) is 0 Å². The van der Waals surface area contributed by atoms with Crippen molar-refractivity contribution in [2.75, 3.05) is 19.3 Å². The maximum absolute atomic E-state index is 11.8. The number of fused-ring (bicyclic) bond motifs is 1. The Balaban J connectivity index is 1.89. The zero-order valence-corrected chi connectivity index (χ0v) is 16.5. The minimum atomic E-state index is -3.11. The third-order valence-corrected chi connectivity index (χ3v) is 6.88. The van der Waals surface area contributed by atoms with E-state index in [9.17, 15) is 8.42 Å². The summed E-state index contributed by atoms with van der Waals surface area (Å²) in [5.74, 6) is 0.787. The van der Waals surface area contributed by atoms with Gasteiger partial charge in [-0.25, -0.2) is 12.7 Å².